The monoisotopic (exact) mass is 215 g/mol. The molecule has 1 aromatic carbocycles. The summed E-state index contributed by atoms with van der Waals surface area (Å²) in [6, 6.07) is 4.84. The standard InChI is InChI=1S/C9H13NO3S/c1-13-8-4-3-7(6-10)9(5-8)14(2,11)12/h3-5H,6,10H2,1-2H3. The highest BCUT2D eigenvalue weighted by molar-refractivity contribution is 7.90. The van der Waals surface area contributed by atoms with Crippen molar-refractivity contribution in [2.45, 2.75) is 11.4 Å². The summed E-state index contributed by atoms with van der Waals surface area (Å²) in [6.07, 6.45) is 1.15. The van der Waals surface area contributed by atoms with E-state index in [1.807, 2.05) is 0 Å². The Bertz CT molecular complexity index is 426. The summed E-state index contributed by atoms with van der Waals surface area (Å²) in [6.45, 7) is 0.201. The van der Waals surface area contributed by atoms with Crippen molar-refractivity contribution in [1.82, 2.24) is 0 Å². The zero-order chi connectivity index (χ0) is 10.8. The normalized spacial score (nSPS) is 11.4. The molecular weight excluding hydrogens is 202 g/mol. The van der Waals surface area contributed by atoms with Crippen molar-refractivity contribution in [2.75, 3.05) is 13.4 Å². The SMILES string of the molecule is COc1ccc(CN)c(S(C)(=O)=O)c1. The quantitative estimate of drug-likeness (QED) is 0.799. The molecule has 4 nitrogen and oxygen atoms in total. The lowest BCUT2D eigenvalue weighted by Gasteiger charge is -2.07. The molecule has 14 heavy (non-hydrogen) atoms. The van der Waals surface area contributed by atoms with E-state index in [0.717, 1.165) is 6.26 Å². The van der Waals surface area contributed by atoms with Gasteiger partial charge in [-0.15, -0.1) is 0 Å². The zero-order valence-corrected chi connectivity index (χ0v) is 8.97. The van der Waals surface area contributed by atoms with E-state index in [4.69, 9.17) is 10.5 Å². The van der Waals surface area contributed by atoms with Crippen LogP contribution in [0.2, 0.25) is 0 Å². The lowest BCUT2D eigenvalue weighted by Crippen LogP contribution is -2.06. The Balaban J connectivity index is 3.37. The second-order valence-corrected chi connectivity index (χ2v) is 4.93. The summed E-state index contributed by atoms with van der Waals surface area (Å²) in [7, 11) is -1.75. The van der Waals surface area contributed by atoms with E-state index in [1.54, 1.807) is 12.1 Å². The van der Waals surface area contributed by atoms with Gasteiger partial charge in [-0.3, -0.25) is 0 Å². The molecule has 0 heterocycles. The molecule has 2 N–H and O–H groups in total. The van der Waals surface area contributed by atoms with E-state index in [-0.39, 0.29) is 11.4 Å². The molecule has 1 rings (SSSR count). The number of hydrogen-bond acceptors (Lipinski definition) is 4. The largest absolute Gasteiger partial charge is 0.497 e. The molecule has 0 fully saturated rings. The Morgan fingerprint density at radius 3 is 2.50 bits per heavy atom. The lowest BCUT2D eigenvalue weighted by atomic mass is 10.2. The summed E-state index contributed by atoms with van der Waals surface area (Å²) < 4.78 is 27.7. The first-order valence-corrected chi connectivity index (χ1v) is 5.95. The minimum atomic E-state index is -3.24. The Hall–Kier alpha value is -1.07. The first-order chi connectivity index (χ1) is 6.49. The third kappa shape index (κ3) is 2.24. The molecule has 0 aromatic heterocycles. The molecular formula is C9H13NO3S. The van der Waals surface area contributed by atoms with Crippen molar-refractivity contribution < 1.29 is 13.2 Å². The Morgan fingerprint density at radius 1 is 1.43 bits per heavy atom. The summed E-state index contributed by atoms with van der Waals surface area (Å²) in [5.74, 6) is 0.516. The van der Waals surface area contributed by atoms with Crippen molar-refractivity contribution >= 4 is 9.84 Å². The molecule has 0 spiro atoms. The molecule has 0 bridgehead atoms. The topological polar surface area (TPSA) is 69.4 Å². The number of rotatable bonds is 3. The molecule has 0 saturated carbocycles. The summed E-state index contributed by atoms with van der Waals surface area (Å²) in [4.78, 5) is 0.236. The minimum Gasteiger partial charge on any atom is -0.497 e. The maximum Gasteiger partial charge on any atom is 0.175 e. The number of nitrogens with two attached hydrogens (primary N) is 1. The van der Waals surface area contributed by atoms with Crippen LogP contribution in [-0.2, 0) is 16.4 Å². The van der Waals surface area contributed by atoms with Gasteiger partial charge in [-0.2, -0.15) is 0 Å². The third-order valence-electron chi connectivity index (χ3n) is 1.89. The van der Waals surface area contributed by atoms with Crippen molar-refractivity contribution in [3.63, 3.8) is 0 Å². The van der Waals surface area contributed by atoms with Crippen LogP contribution in [0.25, 0.3) is 0 Å². The lowest BCUT2D eigenvalue weighted by molar-refractivity contribution is 0.413. The first kappa shape index (κ1) is 11.0. The van der Waals surface area contributed by atoms with Crippen LogP contribution in [0.3, 0.4) is 0 Å². The highest BCUT2D eigenvalue weighted by atomic mass is 32.2. The van der Waals surface area contributed by atoms with Crippen molar-refractivity contribution in [3.8, 4) is 5.75 Å². The van der Waals surface area contributed by atoms with Crippen LogP contribution < -0.4 is 10.5 Å². The van der Waals surface area contributed by atoms with Crippen molar-refractivity contribution in [1.29, 1.82) is 0 Å². The van der Waals surface area contributed by atoms with Crippen molar-refractivity contribution in [2.24, 2.45) is 5.73 Å². The van der Waals surface area contributed by atoms with Crippen LogP contribution in [0.1, 0.15) is 5.56 Å². The first-order valence-electron chi connectivity index (χ1n) is 4.06. The van der Waals surface area contributed by atoms with E-state index >= 15 is 0 Å². The van der Waals surface area contributed by atoms with Crippen LogP contribution in [0.5, 0.6) is 5.75 Å². The van der Waals surface area contributed by atoms with Gasteiger partial charge in [-0.05, 0) is 17.7 Å². The second-order valence-electron chi connectivity index (χ2n) is 2.95. The Morgan fingerprint density at radius 2 is 2.07 bits per heavy atom. The van der Waals surface area contributed by atoms with Gasteiger partial charge in [0.25, 0.3) is 0 Å². The number of methoxy groups -OCH3 is 1. The number of sulfone groups is 1. The second kappa shape index (κ2) is 3.98. The molecule has 0 aliphatic rings. The van der Waals surface area contributed by atoms with Gasteiger partial charge in [-0.1, -0.05) is 6.07 Å². The van der Waals surface area contributed by atoms with E-state index in [2.05, 4.69) is 0 Å². The minimum absolute atomic E-state index is 0.201. The smallest absolute Gasteiger partial charge is 0.175 e. The fraction of sp³-hybridized carbons (Fsp3) is 0.333. The molecule has 0 unspecified atom stereocenters. The predicted molar refractivity (Wildman–Crippen MR) is 54.0 cm³/mol. The molecule has 0 aliphatic heterocycles. The van der Waals surface area contributed by atoms with E-state index in [9.17, 15) is 8.42 Å². The van der Waals surface area contributed by atoms with Gasteiger partial charge in [0.1, 0.15) is 5.75 Å². The maximum absolute atomic E-state index is 11.4. The van der Waals surface area contributed by atoms with Crippen molar-refractivity contribution in [3.05, 3.63) is 23.8 Å². The van der Waals surface area contributed by atoms with E-state index in [0.29, 0.717) is 11.3 Å². The number of ether oxygens (including phenoxy) is 1. The number of hydrogen-bond donors (Lipinski definition) is 1. The Kier molecular flexibility index (Phi) is 3.13. The van der Waals surface area contributed by atoms with Gasteiger partial charge in [0.15, 0.2) is 9.84 Å². The molecule has 1 aromatic rings. The molecule has 78 valence electrons. The van der Waals surface area contributed by atoms with Gasteiger partial charge in [0.2, 0.25) is 0 Å². The average molecular weight is 215 g/mol. The van der Waals surface area contributed by atoms with Gasteiger partial charge >= 0.3 is 0 Å². The van der Waals surface area contributed by atoms with Gasteiger partial charge in [0, 0.05) is 12.8 Å². The summed E-state index contributed by atoms with van der Waals surface area (Å²) in [5, 5.41) is 0. The van der Waals surface area contributed by atoms with Gasteiger partial charge in [-0.25, -0.2) is 8.42 Å². The molecule has 0 amide bonds. The predicted octanol–water partition coefficient (Wildman–Crippen LogP) is 0.557. The maximum atomic E-state index is 11.4. The van der Waals surface area contributed by atoms with E-state index in [1.165, 1.54) is 13.2 Å². The average Bonchev–Trinajstić information content (AvgIpc) is 2.15. The molecule has 5 heteroatoms. The third-order valence-corrected chi connectivity index (χ3v) is 3.07. The van der Waals surface area contributed by atoms with E-state index < -0.39 is 9.84 Å². The highest BCUT2D eigenvalue weighted by Crippen LogP contribution is 2.21. The fourth-order valence-electron chi connectivity index (χ4n) is 1.18. The van der Waals surface area contributed by atoms with Crippen LogP contribution >= 0.6 is 0 Å². The fourth-order valence-corrected chi connectivity index (χ4v) is 2.13. The molecule has 0 aliphatic carbocycles. The van der Waals surface area contributed by atoms with Crippen LogP contribution in [0, 0.1) is 0 Å². The summed E-state index contributed by atoms with van der Waals surface area (Å²) in [5.41, 5.74) is 6.04. The van der Waals surface area contributed by atoms with Crippen LogP contribution in [0.15, 0.2) is 23.1 Å². The van der Waals surface area contributed by atoms with Crippen LogP contribution in [-0.4, -0.2) is 21.8 Å². The van der Waals surface area contributed by atoms with Crippen LogP contribution in [0.4, 0.5) is 0 Å². The van der Waals surface area contributed by atoms with Gasteiger partial charge < -0.3 is 10.5 Å². The van der Waals surface area contributed by atoms with Gasteiger partial charge in [0.05, 0.1) is 12.0 Å². The molecule has 0 saturated heterocycles. The Labute approximate surface area is 83.6 Å². The highest BCUT2D eigenvalue weighted by Gasteiger charge is 2.13. The number of benzene rings is 1. The molecule has 0 radical (unpaired) electrons. The summed E-state index contributed by atoms with van der Waals surface area (Å²) >= 11 is 0. The zero-order valence-electron chi connectivity index (χ0n) is 8.15. The molecule has 0 atom stereocenters.